The third-order valence-corrected chi connectivity index (χ3v) is 4.94. The molecule has 3 aromatic rings. The zero-order valence-corrected chi connectivity index (χ0v) is 14.0. The standard InChI is InChI=1S/C19H17ClN2O3/c20-12-4-5-14-11(6-12)8-16(21-14)19(25)22-15-7-10-2-1-3-17(23)13(10)9-18(15)24/h1-6,8,15,18,21,23-24H,7,9H2,(H,22,25)/t15-,18-/m1/s1. The molecule has 0 saturated heterocycles. The molecule has 6 heteroatoms. The van der Waals surface area contributed by atoms with Crippen LogP contribution >= 0.6 is 11.6 Å². The number of phenolic OH excluding ortho intramolecular Hbond substituents is 1. The van der Waals surface area contributed by atoms with Gasteiger partial charge in [0.25, 0.3) is 5.91 Å². The summed E-state index contributed by atoms with van der Waals surface area (Å²) in [6.07, 6.45) is 0.0430. The van der Waals surface area contributed by atoms with Crippen molar-refractivity contribution in [2.45, 2.75) is 25.0 Å². The predicted molar refractivity (Wildman–Crippen MR) is 96.1 cm³/mol. The number of rotatable bonds is 2. The van der Waals surface area contributed by atoms with E-state index in [-0.39, 0.29) is 11.7 Å². The largest absolute Gasteiger partial charge is 0.508 e. The third-order valence-electron chi connectivity index (χ3n) is 4.71. The molecule has 1 aromatic heterocycles. The molecule has 0 radical (unpaired) electrons. The van der Waals surface area contributed by atoms with E-state index in [1.54, 1.807) is 30.3 Å². The van der Waals surface area contributed by atoms with Crippen molar-refractivity contribution in [2.75, 3.05) is 0 Å². The van der Waals surface area contributed by atoms with E-state index in [4.69, 9.17) is 11.6 Å². The van der Waals surface area contributed by atoms with Crippen molar-refractivity contribution in [3.63, 3.8) is 0 Å². The van der Waals surface area contributed by atoms with Gasteiger partial charge in [-0.2, -0.15) is 0 Å². The molecule has 128 valence electrons. The quantitative estimate of drug-likeness (QED) is 0.569. The first-order chi connectivity index (χ1) is 12.0. The number of hydrogen-bond acceptors (Lipinski definition) is 3. The third kappa shape index (κ3) is 2.97. The molecule has 4 N–H and O–H groups in total. The maximum atomic E-state index is 12.6. The Balaban J connectivity index is 1.55. The molecular weight excluding hydrogens is 340 g/mol. The van der Waals surface area contributed by atoms with Crippen molar-refractivity contribution in [3.05, 3.63) is 64.3 Å². The van der Waals surface area contributed by atoms with Gasteiger partial charge in [0.2, 0.25) is 0 Å². The van der Waals surface area contributed by atoms with Crippen molar-refractivity contribution in [1.29, 1.82) is 0 Å². The molecule has 1 amide bonds. The van der Waals surface area contributed by atoms with E-state index in [2.05, 4.69) is 10.3 Å². The van der Waals surface area contributed by atoms with Crippen LogP contribution in [0.1, 0.15) is 21.6 Å². The Morgan fingerprint density at radius 2 is 2.04 bits per heavy atom. The fraction of sp³-hybridized carbons (Fsp3) is 0.211. The fourth-order valence-corrected chi connectivity index (χ4v) is 3.57. The summed E-state index contributed by atoms with van der Waals surface area (Å²) in [5.74, 6) is -0.0891. The van der Waals surface area contributed by atoms with Crippen LogP contribution < -0.4 is 5.32 Å². The summed E-state index contributed by atoms with van der Waals surface area (Å²) in [4.78, 5) is 15.6. The van der Waals surface area contributed by atoms with Crippen LogP contribution in [0.3, 0.4) is 0 Å². The van der Waals surface area contributed by atoms with Crippen LogP contribution in [-0.4, -0.2) is 33.3 Å². The Labute approximate surface area is 149 Å². The lowest BCUT2D eigenvalue weighted by atomic mass is 9.85. The molecular formula is C19H17ClN2O3. The van der Waals surface area contributed by atoms with Gasteiger partial charge < -0.3 is 20.5 Å². The summed E-state index contributed by atoms with van der Waals surface area (Å²) in [6, 6.07) is 12.0. The first kappa shape index (κ1) is 16.0. The number of amides is 1. The Kier molecular flexibility index (Phi) is 3.90. The molecule has 0 unspecified atom stereocenters. The van der Waals surface area contributed by atoms with E-state index in [1.165, 1.54) is 0 Å². The van der Waals surface area contributed by atoms with Gasteiger partial charge in [-0.3, -0.25) is 4.79 Å². The number of aromatic nitrogens is 1. The molecule has 0 bridgehead atoms. The summed E-state index contributed by atoms with van der Waals surface area (Å²) >= 11 is 5.97. The molecule has 0 saturated carbocycles. The molecule has 1 heterocycles. The fourth-order valence-electron chi connectivity index (χ4n) is 3.39. The van der Waals surface area contributed by atoms with E-state index in [0.717, 1.165) is 22.0 Å². The second-order valence-electron chi connectivity index (χ2n) is 6.38. The second kappa shape index (κ2) is 6.10. The summed E-state index contributed by atoms with van der Waals surface area (Å²) < 4.78 is 0. The number of aliphatic hydroxyl groups excluding tert-OH is 1. The van der Waals surface area contributed by atoms with Crippen LogP contribution in [-0.2, 0) is 12.8 Å². The van der Waals surface area contributed by atoms with Gasteiger partial charge in [0.1, 0.15) is 11.4 Å². The highest BCUT2D eigenvalue weighted by atomic mass is 35.5. The van der Waals surface area contributed by atoms with Gasteiger partial charge in [0.05, 0.1) is 12.1 Å². The number of carbonyl (C=O) groups is 1. The molecule has 2 atom stereocenters. The smallest absolute Gasteiger partial charge is 0.268 e. The highest BCUT2D eigenvalue weighted by Gasteiger charge is 2.30. The van der Waals surface area contributed by atoms with E-state index in [1.807, 2.05) is 12.1 Å². The first-order valence-electron chi connectivity index (χ1n) is 8.08. The monoisotopic (exact) mass is 356 g/mol. The minimum absolute atomic E-state index is 0.189. The lowest BCUT2D eigenvalue weighted by Crippen LogP contribution is -2.48. The Bertz CT molecular complexity index is 966. The Hall–Kier alpha value is -2.50. The average Bonchev–Trinajstić information content (AvgIpc) is 3.00. The maximum absolute atomic E-state index is 12.6. The van der Waals surface area contributed by atoms with E-state index in [9.17, 15) is 15.0 Å². The maximum Gasteiger partial charge on any atom is 0.268 e. The van der Waals surface area contributed by atoms with Gasteiger partial charge in [-0.15, -0.1) is 0 Å². The number of H-pyrrole nitrogens is 1. The molecule has 5 nitrogen and oxygen atoms in total. The zero-order valence-electron chi connectivity index (χ0n) is 13.3. The van der Waals surface area contributed by atoms with Crippen LogP contribution in [0, 0.1) is 0 Å². The van der Waals surface area contributed by atoms with Crippen LogP contribution in [0.4, 0.5) is 0 Å². The highest BCUT2D eigenvalue weighted by Crippen LogP contribution is 2.29. The lowest BCUT2D eigenvalue weighted by molar-refractivity contribution is 0.0809. The van der Waals surface area contributed by atoms with Gasteiger partial charge >= 0.3 is 0 Å². The van der Waals surface area contributed by atoms with Crippen molar-refractivity contribution in [2.24, 2.45) is 0 Å². The van der Waals surface area contributed by atoms with Crippen LogP contribution in [0.5, 0.6) is 5.75 Å². The number of fused-ring (bicyclic) bond motifs is 2. The van der Waals surface area contributed by atoms with Gasteiger partial charge in [-0.05, 0) is 47.9 Å². The molecule has 0 aliphatic heterocycles. The van der Waals surface area contributed by atoms with Crippen molar-refractivity contribution in [1.82, 2.24) is 10.3 Å². The van der Waals surface area contributed by atoms with E-state index < -0.39 is 12.1 Å². The summed E-state index contributed by atoms with van der Waals surface area (Å²) in [6.45, 7) is 0. The molecule has 0 fully saturated rings. The number of aromatic hydroxyl groups is 1. The van der Waals surface area contributed by atoms with Crippen LogP contribution in [0.15, 0.2) is 42.5 Å². The normalized spacial score (nSPS) is 19.6. The summed E-state index contributed by atoms with van der Waals surface area (Å²) in [5, 5.41) is 24.6. The molecule has 1 aliphatic carbocycles. The SMILES string of the molecule is O=C(N[C@@H]1Cc2cccc(O)c2C[C@H]1O)c1cc2cc(Cl)ccc2[nH]1. The van der Waals surface area contributed by atoms with Crippen molar-refractivity contribution < 1.29 is 15.0 Å². The number of aromatic amines is 1. The Morgan fingerprint density at radius 1 is 1.20 bits per heavy atom. The lowest BCUT2D eigenvalue weighted by Gasteiger charge is -2.30. The number of benzene rings is 2. The number of halogens is 1. The first-order valence-corrected chi connectivity index (χ1v) is 8.46. The van der Waals surface area contributed by atoms with E-state index >= 15 is 0 Å². The molecule has 2 aromatic carbocycles. The van der Waals surface area contributed by atoms with Crippen LogP contribution in [0.2, 0.25) is 5.02 Å². The number of aliphatic hydroxyl groups is 1. The van der Waals surface area contributed by atoms with Crippen molar-refractivity contribution in [3.8, 4) is 5.75 Å². The summed E-state index contributed by atoms with van der Waals surface area (Å²) in [5.41, 5.74) is 2.94. The average molecular weight is 357 g/mol. The topological polar surface area (TPSA) is 85.3 Å². The second-order valence-corrected chi connectivity index (χ2v) is 6.82. The molecule has 4 rings (SSSR count). The Morgan fingerprint density at radius 3 is 2.88 bits per heavy atom. The van der Waals surface area contributed by atoms with Gasteiger partial charge in [0, 0.05) is 22.3 Å². The number of phenols is 1. The van der Waals surface area contributed by atoms with Gasteiger partial charge in [0.15, 0.2) is 0 Å². The zero-order chi connectivity index (χ0) is 17.6. The minimum Gasteiger partial charge on any atom is -0.508 e. The summed E-state index contributed by atoms with van der Waals surface area (Å²) in [7, 11) is 0. The number of hydrogen-bond donors (Lipinski definition) is 4. The van der Waals surface area contributed by atoms with Crippen LogP contribution in [0.25, 0.3) is 10.9 Å². The molecule has 25 heavy (non-hydrogen) atoms. The number of nitrogens with one attached hydrogen (secondary N) is 2. The van der Waals surface area contributed by atoms with E-state index in [0.29, 0.717) is 23.6 Å². The molecule has 0 spiro atoms. The molecule has 1 aliphatic rings. The number of carbonyl (C=O) groups excluding carboxylic acids is 1. The van der Waals surface area contributed by atoms with Gasteiger partial charge in [-0.1, -0.05) is 23.7 Å². The predicted octanol–water partition coefficient (Wildman–Crippen LogP) is 2.79. The van der Waals surface area contributed by atoms with Gasteiger partial charge in [-0.25, -0.2) is 0 Å². The van der Waals surface area contributed by atoms with Crippen molar-refractivity contribution >= 4 is 28.4 Å². The minimum atomic E-state index is -0.747. The highest BCUT2D eigenvalue weighted by molar-refractivity contribution is 6.31.